The minimum atomic E-state index is -1.02. The Hall–Kier alpha value is -0.920. The second-order valence-corrected chi connectivity index (χ2v) is 10.5. The van der Waals surface area contributed by atoms with E-state index in [1.165, 1.54) is 0 Å². The van der Waals surface area contributed by atoms with Crippen molar-refractivity contribution in [2.24, 2.45) is 0 Å². The van der Waals surface area contributed by atoms with Gasteiger partial charge >= 0.3 is 6.09 Å². The zero-order chi connectivity index (χ0) is 20.0. The lowest BCUT2D eigenvalue weighted by Gasteiger charge is -2.43. The summed E-state index contributed by atoms with van der Waals surface area (Å²) in [6, 6.07) is 4.30. The van der Waals surface area contributed by atoms with Gasteiger partial charge in [-0.3, -0.25) is 0 Å². The van der Waals surface area contributed by atoms with Crippen LogP contribution in [-0.2, 0) is 4.74 Å². The Bertz CT molecular complexity index is 860. The summed E-state index contributed by atoms with van der Waals surface area (Å²) >= 11 is 2.32. The highest BCUT2D eigenvalue weighted by atomic mass is 127. The maximum absolute atomic E-state index is 12.4. The van der Waals surface area contributed by atoms with Crippen molar-refractivity contribution >= 4 is 45.4 Å². The summed E-state index contributed by atoms with van der Waals surface area (Å²) in [5.41, 5.74) is 1.81. The number of aromatic nitrogens is 2. The second kappa shape index (κ2) is 7.48. The maximum atomic E-state index is 12.4. The molecule has 1 aliphatic rings. The molecule has 8 heteroatoms. The van der Waals surface area contributed by atoms with Gasteiger partial charge < -0.3 is 14.7 Å². The lowest BCUT2D eigenvalue weighted by Crippen LogP contribution is -2.53. The predicted molar refractivity (Wildman–Crippen MR) is 118 cm³/mol. The lowest BCUT2D eigenvalue weighted by molar-refractivity contribution is -0.0459. The molecule has 2 aromatic rings. The van der Waals surface area contributed by atoms with Gasteiger partial charge in [0, 0.05) is 17.8 Å². The third-order valence-corrected chi connectivity index (χ3v) is 6.90. The van der Waals surface area contributed by atoms with E-state index in [2.05, 4.69) is 46.2 Å². The molecule has 3 unspecified atom stereocenters. The third kappa shape index (κ3) is 4.40. The number of likely N-dealkylation sites (tertiary alicyclic amines) is 1. The van der Waals surface area contributed by atoms with Gasteiger partial charge in [-0.05, 0) is 86.3 Å². The Morgan fingerprint density at radius 2 is 2.15 bits per heavy atom. The van der Waals surface area contributed by atoms with E-state index in [1.54, 1.807) is 4.90 Å². The molecule has 6 nitrogen and oxygen atoms in total. The Kier molecular flexibility index (Phi) is 5.77. The third-order valence-electron chi connectivity index (χ3n) is 5.01. The molecule has 1 saturated heterocycles. The number of carbonyl (C=O) groups excluding carboxylic acids is 1. The Morgan fingerprint density at radius 3 is 2.74 bits per heavy atom. The van der Waals surface area contributed by atoms with Crippen LogP contribution in [0.15, 0.2) is 18.3 Å². The predicted octanol–water partition coefficient (Wildman–Crippen LogP) is 4.61. The zero-order valence-electron chi connectivity index (χ0n) is 16.4. The van der Waals surface area contributed by atoms with Gasteiger partial charge in [-0.2, -0.15) is 5.10 Å². The van der Waals surface area contributed by atoms with Gasteiger partial charge in [-0.1, -0.05) is 0 Å². The molecule has 1 fully saturated rings. The molecule has 0 bridgehead atoms. The molecule has 3 rings (SSSR count). The lowest BCUT2D eigenvalue weighted by atomic mass is 9.76. The SMILES string of the molecule is Cc1cc2cnn(PI)c2cc1C1CCN(C(=O)OC(C)(C)C)CC1(C)O. The van der Waals surface area contributed by atoms with Crippen molar-refractivity contribution in [3.63, 3.8) is 0 Å². The number of amides is 1. The summed E-state index contributed by atoms with van der Waals surface area (Å²) in [6.45, 7) is 10.3. The van der Waals surface area contributed by atoms with Gasteiger partial charge in [0.2, 0.25) is 0 Å². The fourth-order valence-electron chi connectivity index (χ4n) is 3.79. The number of β-amino-alcohol motifs (C(OH)–C–C–N with tert-alkyl or cyclic N) is 1. The van der Waals surface area contributed by atoms with Crippen molar-refractivity contribution in [3.8, 4) is 0 Å². The molecule has 0 radical (unpaired) electrons. The molecule has 1 aromatic heterocycles. The summed E-state index contributed by atoms with van der Waals surface area (Å²) < 4.78 is 7.47. The molecular weight excluding hydrogens is 476 g/mol. The highest BCUT2D eigenvalue weighted by Gasteiger charge is 2.42. The molecule has 0 saturated carbocycles. The van der Waals surface area contributed by atoms with Crippen LogP contribution >= 0.6 is 28.4 Å². The van der Waals surface area contributed by atoms with Gasteiger partial charge in [0.1, 0.15) is 5.60 Å². The molecule has 1 amide bonds. The minimum Gasteiger partial charge on any atom is -0.444 e. The van der Waals surface area contributed by atoms with Crippen LogP contribution in [0.2, 0.25) is 0 Å². The molecule has 3 atom stereocenters. The number of fused-ring (bicyclic) bond motifs is 1. The summed E-state index contributed by atoms with van der Waals surface area (Å²) in [4.78, 5) is 14.0. The molecular formula is C19H27IN3O3P. The Morgan fingerprint density at radius 1 is 1.44 bits per heavy atom. The quantitative estimate of drug-likeness (QED) is 0.480. The fraction of sp³-hybridized carbons (Fsp3) is 0.579. The number of carbonyl (C=O) groups is 1. The van der Waals surface area contributed by atoms with Crippen molar-refractivity contribution < 1.29 is 14.6 Å². The smallest absolute Gasteiger partial charge is 0.410 e. The Balaban J connectivity index is 1.87. The second-order valence-electron chi connectivity index (χ2n) is 8.51. The van der Waals surface area contributed by atoms with E-state index < -0.39 is 11.2 Å². The summed E-state index contributed by atoms with van der Waals surface area (Å²) in [5.74, 6) is -0.0403. The number of halogens is 1. The number of rotatable bonds is 2. The molecule has 27 heavy (non-hydrogen) atoms. The standard InChI is InChI=1S/C19H27IN3O3P/c1-12-8-13-10-21-23(27-20)16(13)9-14(12)15-6-7-22(11-19(15,5)25)17(24)26-18(2,3)4/h8-10,15,25,27H,6-7,11H2,1-5H3. The molecule has 2 heterocycles. The van der Waals surface area contributed by atoms with Crippen LogP contribution in [-0.4, -0.2) is 49.9 Å². The molecule has 0 aliphatic carbocycles. The van der Waals surface area contributed by atoms with E-state index in [4.69, 9.17) is 4.74 Å². The average Bonchev–Trinajstić information content (AvgIpc) is 2.93. The molecule has 1 aromatic carbocycles. The van der Waals surface area contributed by atoms with E-state index in [-0.39, 0.29) is 18.6 Å². The van der Waals surface area contributed by atoms with Gasteiger partial charge in [0.25, 0.3) is 0 Å². The molecule has 148 valence electrons. The average molecular weight is 503 g/mol. The monoisotopic (exact) mass is 503 g/mol. The van der Waals surface area contributed by atoms with Crippen LogP contribution in [0, 0.1) is 6.92 Å². The van der Waals surface area contributed by atoms with Crippen LogP contribution in [0.1, 0.15) is 51.2 Å². The number of ether oxygens (including phenoxy) is 1. The van der Waals surface area contributed by atoms with Crippen molar-refractivity contribution in [2.75, 3.05) is 13.1 Å². The summed E-state index contributed by atoms with van der Waals surface area (Å²) in [5, 5.41) is 16.8. The number of aryl methyl sites for hydroxylation is 1. The largest absolute Gasteiger partial charge is 0.444 e. The Labute approximate surface area is 175 Å². The van der Waals surface area contributed by atoms with Crippen molar-refractivity contribution in [2.45, 2.75) is 58.2 Å². The zero-order valence-corrected chi connectivity index (χ0v) is 19.6. The number of hydrogen-bond donors (Lipinski definition) is 1. The van der Waals surface area contributed by atoms with Gasteiger partial charge in [0.05, 0.1) is 30.2 Å². The van der Waals surface area contributed by atoms with Crippen LogP contribution in [0.4, 0.5) is 4.79 Å². The molecule has 0 spiro atoms. The molecule has 1 N–H and O–H groups in total. The fourth-order valence-corrected chi connectivity index (χ4v) is 5.33. The number of nitrogens with zero attached hydrogens (tertiary/aromatic N) is 3. The minimum absolute atomic E-state index is 0.0403. The summed E-state index contributed by atoms with van der Waals surface area (Å²) in [6.07, 6.45) is 2.75. The number of benzene rings is 1. The van der Waals surface area contributed by atoms with Gasteiger partial charge in [-0.25, -0.2) is 9.25 Å². The van der Waals surface area contributed by atoms with E-state index in [0.29, 0.717) is 19.3 Å². The number of hydrogen-bond acceptors (Lipinski definition) is 4. The normalized spacial score (nSPS) is 24.1. The maximum Gasteiger partial charge on any atom is 0.410 e. The van der Waals surface area contributed by atoms with E-state index in [0.717, 1.165) is 22.0 Å². The van der Waals surface area contributed by atoms with E-state index in [1.807, 2.05) is 38.3 Å². The first-order valence-corrected chi connectivity index (χ1v) is 13.1. The first-order chi connectivity index (χ1) is 12.5. The van der Waals surface area contributed by atoms with Crippen molar-refractivity contribution in [3.05, 3.63) is 29.5 Å². The van der Waals surface area contributed by atoms with Gasteiger partial charge in [-0.15, -0.1) is 0 Å². The highest BCUT2D eigenvalue weighted by molar-refractivity contribution is 14.2. The van der Waals surface area contributed by atoms with E-state index >= 15 is 0 Å². The van der Waals surface area contributed by atoms with Gasteiger partial charge in [0.15, 0.2) is 0 Å². The van der Waals surface area contributed by atoms with Crippen LogP contribution in [0.5, 0.6) is 0 Å². The molecule has 1 aliphatic heterocycles. The van der Waals surface area contributed by atoms with Crippen molar-refractivity contribution in [1.29, 1.82) is 0 Å². The first kappa shape index (κ1) is 20.8. The highest BCUT2D eigenvalue weighted by Crippen LogP contribution is 2.40. The topological polar surface area (TPSA) is 67.6 Å². The van der Waals surface area contributed by atoms with Crippen LogP contribution < -0.4 is 0 Å². The number of aliphatic hydroxyl groups is 1. The van der Waals surface area contributed by atoms with E-state index in [9.17, 15) is 9.90 Å². The number of piperidine rings is 1. The first-order valence-electron chi connectivity index (χ1n) is 9.07. The summed E-state index contributed by atoms with van der Waals surface area (Å²) in [7, 11) is 0. The van der Waals surface area contributed by atoms with Crippen molar-refractivity contribution in [1.82, 2.24) is 14.5 Å². The van der Waals surface area contributed by atoms with Crippen LogP contribution in [0.3, 0.4) is 0 Å². The van der Waals surface area contributed by atoms with Crippen LogP contribution in [0.25, 0.3) is 10.9 Å².